The van der Waals surface area contributed by atoms with Gasteiger partial charge in [-0.15, -0.1) is 0 Å². The van der Waals surface area contributed by atoms with Gasteiger partial charge in [0.2, 0.25) is 5.28 Å². The van der Waals surface area contributed by atoms with Gasteiger partial charge in [0.15, 0.2) is 11.6 Å². The molecule has 0 amide bonds. The molecule has 0 aliphatic rings. The van der Waals surface area contributed by atoms with Gasteiger partial charge in [-0.3, -0.25) is 9.48 Å². The third-order valence-electron chi connectivity index (χ3n) is 3.59. The minimum atomic E-state index is -0.00243. The van der Waals surface area contributed by atoms with Crippen LogP contribution in [0.2, 0.25) is 5.28 Å². The van der Waals surface area contributed by atoms with Crippen molar-refractivity contribution in [2.75, 3.05) is 12.4 Å². The fourth-order valence-electron chi connectivity index (χ4n) is 2.51. The number of nitrogens with zero attached hydrogens (tertiary/aromatic N) is 5. The Hall–Kier alpha value is -3.00. The van der Waals surface area contributed by atoms with E-state index in [9.17, 15) is 4.79 Å². The Morgan fingerprint density at radius 1 is 1.35 bits per heavy atom. The first-order chi connectivity index (χ1) is 12.5. The predicted molar refractivity (Wildman–Crippen MR) is 97.7 cm³/mol. The summed E-state index contributed by atoms with van der Waals surface area (Å²) < 4.78 is 7.18. The monoisotopic (exact) mass is 372 g/mol. The number of rotatable bonds is 6. The number of benzene rings is 1. The quantitative estimate of drug-likeness (QED) is 0.664. The van der Waals surface area contributed by atoms with Gasteiger partial charge in [-0.05, 0) is 30.7 Å². The minimum absolute atomic E-state index is 0.00243. The first-order valence-electron chi connectivity index (χ1n) is 7.79. The summed E-state index contributed by atoms with van der Waals surface area (Å²) in [5.41, 5.74) is 2.02. The smallest absolute Gasteiger partial charge is 0.224 e. The predicted octanol–water partition coefficient (Wildman–Crippen LogP) is 2.81. The number of nitrogens with one attached hydrogen (secondary N) is 1. The largest absolute Gasteiger partial charge is 0.494 e. The number of hydrogen-bond acceptors (Lipinski definition) is 7. The number of halogens is 1. The zero-order valence-corrected chi connectivity index (χ0v) is 15.3. The zero-order chi connectivity index (χ0) is 18.7. The van der Waals surface area contributed by atoms with Crippen molar-refractivity contribution in [3.05, 3.63) is 41.6 Å². The van der Waals surface area contributed by atoms with Crippen LogP contribution in [0.3, 0.4) is 0 Å². The van der Waals surface area contributed by atoms with Crippen molar-refractivity contribution in [2.24, 2.45) is 7.05 Å². The highest BCUT2D eigenvalue weighted by Gasteiger charge is 2.16. The average Bonchev–Trinajstić information content (AvgIpc) is 3.03. The van der Waals surface area contributed by atoms with Gasteiger partial charge in [-0.2, -0.15) is 5.10 Å². The van der Waals surface area contributed by atoms with Crippen molar-refractivity contribution >= 4 is 28.9 Å². The lowest BCUT2D eigenvalue weighted by atomic mass is 10.1. The second kappa shape index (κ2) is 7.49. The number of para-hydroxylation sites is 1. The minimum Gasteiger partial charge on any atom is -0.494 e. The molecular weight excluding hydrogens is 356 g/mol. The summed E-state index contributed by atoms with van der Waals surface area (Å²) in [7, 11) is 3.36. The molecule has 134 valence electrons. The number of methoxy groups -OCH3 is 1. The second-order valence-electron chi connectivity index (χ2n) is 5.64. The number of ketones is 1. The van der Waals surface area contributed by atoms with Gasteiger partial charge in [0.25, 0.3) is 0 Å². The van der Waals surface area contributed by atoms with Crippen LogP contribution in [0.4, 0.5) is 11.5 Å². The summed E-state index contributed by atoms with van der Waals surface area (Å²) in [6.45, 7) is 1.51. The number of aryl methyl sites for hydroxylation is 1. The topological polar surface area (TPSA) is 94.8 Å². The van der Waals surface area contributed by atoms with Crippen LogP contribution in [0.25, 0.3) is 11.4 Å². The summed E-state index contributed by atoms with van der Waals surface area (Å²) in [5, 5.41) is 7.58. The van der Waals surface area contributed by atoms with E-state index in [2.05, 4.69) is 25.4 Å². The molecule has 3 rings (SSSR count). The molecule has 8 nitrogen and oxygen atoms in total. The van der Waals surface area contributed by atoms with E-state index in [-0.39, 0.29) is 17.5 Å². The number of carbonyl (C=O) groups is 1. The van der Waals surface area contributed by atoms with Crippen molar-refractivity contribution in [3.63, 3.8) is 0 Å². The third-order valence-corrected chi connectivity index (χ3v) is 3.77. The maximum absolute atomic E-state index is 11.5. The molecule has 3 aromatic rings. The molecule has 9 heteroatoms. The Kier molecular flexibility index (Phi) is 5.13. The third kappa shape index (κ3) is 3.80. The lowest BCUT2D eigenvalue weighted by molar-refractivity contribution is -0.116. The first-order valence-corrected chi connectivity index (χ1v) is 8.16. The number of aromatic nitrogens is 5. The van der Waals surface area contributed by atoms with Crippen LogP contribution in [0, 0.1) is 0 Å². The lowest BCUT2D eigenvalue weighted by Gasteiger charge is -2.15. The van der Waals surface area contributed by atoms with Crippen LogP contribution in [-0.4, -0.2) is 37.6 Å². The fraction of sp³-hybridized carbons (Fsp3) is 0.235. The summed E-state index contributed by atoms with van der Waals surface area (Å²) in [5.74, 6) is 1.54. The molecule has 0 fully saturated rings. The van der Waals surface area contributed by atoms with Gasteiger partial charge in [0, 0.05) is 25.2 Å². The van der Waals surface area contributed by atoms with Gasteiger partial charge < -0.3 is 10.1 Å². The maximum atomic E-state index is 11.5. The molecule has 26 heavy (non-hydrogen) atoms. The van der Waals surface area contributed by atoms with Crippen LogP contribution in [0.15, 0.2) is 30.7 Å². The Labute approximate surface area is 155 Å². The molecule has 1 N–H and O–H groups in total. The van der Waals surface area contributed by atoms with Crippen molar-refractivity contribution in [3.8, 4) is 17.1 Å². The second-order valence-corrected chi connectivity index (χ2v) is 5.98. The molecule has 0 atom stereocenters. The molecular formula is C17H17ClN6O2. The highest BCUT2D eigenvalue weighted by Crippen LogP contribution is 2.36. The van der Waals surface area contributed by atoms with Gasteiger partial charge in [0.1, 0.15) is 17.9 Å². The standard InChI is InChI=1S/C17H17ClN6O2/c1-10(25)7-11-8-19-17(18)22-15(11)21-13-6-4-5-12(14(13)26-3)16-20-9-24(2)23-16/h4-6,8-9H,7H2,1-3H3,(H,19,21,22). The Morgan fingerprint density at radius 3 is 2.81 bits per heavy atom. The normalized spacial score (nSPS) is 10.6. The van der Waals surface area contributed by atoms with E-state index in [0.717, 1.165) is 5.56 Å². The lowest BCUT2D eigenvalue weighted by Crippen LogP contribution is -2.06. The summed E-state index contributed by atoms with van der Waals surface area (Å²) in [4.78, 5) is 23.9. The molecule has 0 saturated heterocycles. The SMILES string of the molecule is COc1c(Nc2nc(Cl)ncc2CC(C)=O)cccc1-c1ncn(C)n1. The highest BCUT2D eigenvalue weighted by atomic mass is 35.5. The molecule has 0 saturated carbocycles. The van der Waals surface area contributed by atoms with E-state index in [0.29, 0.717) is 28.6 Å². The molecule has 1 aromatic carbocycles. The van der Waals surface area contributed by atoms with E-state index in [1.807, 2.05) is 18.2 Å². The zero-order valence-electron chi connectivity index (χ0n) is 14.5. The molecule has 2 aromatic heterocycles. The van der Waals surface area contributed by atoms with Crippen LogP contribution in [0.1, 0.15) is 12.5 Å². The fourth-order valence-corrected chi connectivity index (χ4v) is 2.65. The first kappa shape index (κ1) is 17.8. The van der Waals surface area contributed by atoms with Crippen LogP contribution in [-0.2, 0) is 18.3 Å². The maximum Gasteiger partial charge on any atom is 0.224 e. The van der Waals surface area contributed by atoms with Crippen LogP contribution < -0.4 is 10.1 Å². The van der Waals surface area contributed by atoms with Gasteiger partial charge >= 0.3 is 0 Å². The number of ether oxygens (including phenoxy) is 1. The molecule has 0 aliphatic carbocycles. The Balaban J connectivity index is 2.03. The average molecular weight is 373 g/mol. The van der Waals surface area contributed by atoms with Crippen LogP contribution in [0.5, 0.6) is 5.75 Å². The van der Waals surface area contributed by atoms with Crippen molar-refractivity contribution in [1.29, 1.82) is 0 Å². The van der Waals surface area contributed by atoms with E-state index >= 15 is 0 Å². The number of hydrogen-bond donors (Lipinski definition) is 1. The Morgan fingerprint density at radius 2 is 2.15 bits per heavy atom. The van der Waals surface area contributed by atoms with Crippen molar-refractivity contribution in [2.45, 2.75) is 13.3 Å². The molecule has 2 heterocycles. The van der Waals surface area contributed by atoms with Crippen molar-refractivity contribution < 1.29 is 9.53 Å². The highest BCUT2D eigenvalue weighted by molar-refractivity contribution is 6.28. The van der Waals surface area contributed by atoms with Gasteiger partial charge in [-0.25, -0.2) is 15.0 Å². The van der Waals surface area contributed by atoms with E-state index in [4.69, 9.17) is 16.3 Å². The van der Waals surface area contributed by atoms with Gasteiger partial charge in [-0.1, -0.05) is 6.07 Å². The number of anilines is 2. The summed E-state index contributed by atoms with van der Waals surface area (Å²) in [6.07, 6.45) is 3.35. The van der Waals surface area contributed by atoms with Crippen LogP contribution >= 0.6 is 11.6 Å². The van der Waals surface area contributed by atoms with Gasteiger partial charge in [0.05, 0.1) is 18.4 Å². The number of carbonyl (C=O) groups excluding carboxylic acids is 1. The molecule has 0 radical (unpaired) electrons. The molecule has 0 spiro atoms. The molecule has 0 unspecified atom stereocenters. The van der Waals surface area contributed by atoms with E-state index < -0.39 is 0 Å². The Bertz CT molecular complexity index is 956. The van der Waals surface area contributed by atoms with E-state index in [1.54, 1.807) is 25.2 Å². The number of Topliss-reactive ketones (excluding diaryl/α,β-unsaturated/α-hetero) is 1. The van der Waals surface area contributed by atoms with E-state index in [1.165, 1.54) is 13.1 Å². The molecule has 0 aliphatic heterocycles. The molecule has 0 bridgehead atoms. The summed E-state index contributed by atoms with van der Waals surface area (Å²) >= 11 is 5.92. The van der Waals surface area contributed by atoms with Crippen molar-refractivity contribution in [1.82, 2.24) is 24.7 Å². The summed E-state index contributed by atoms with van der Waals surface area (Å²) in [6, 6.07) is 5.55.